The number of ether oxygens (including phenoxy) is 1. The second-order valence-corrected chi connectivity index (χ2v) is 6.18. The van der Waals surface area contributed by atoms with E-state index < -0.39 is 0 Å². The van der Waals surface area contributed by atoms with Crippen molar-refractivity contribution >= 4 is 28.7 Å². The van der Waals surface area contributed by atoms with Crippen molar-refractivity contribution in [1.29, 1.82) is 0 Å². The normalized spacial score (nSPS) is 11.3. The molecule has 4 nitrogen and oxygen atoms in total. The topological polar surface area (TPSA) is 45.6 Å². The van der Waals surface area contributed by atoms with Crippen LogP contribution in [0.1, 0.15) is 37.8 Å². The highest BCUT2D eigenvalue weighted by Crippen LogP contribution is 2.17. The van der Waals surface area contributed by atoms with E-state index in [-0.39, 0.29) is 0 Å². The van der Waals surface area contributed by atoms with Crippen molar-refractivity contribution in [3.63, 3.8) is 0 Å². The molecule has 0 saturated heterocycles. The first-order valence-electron chi connectivity index (χ1n) is 7.85. The summed E-state index contributed by atoms with van der Waals surface area (Å²) in [5.74, 6) is 1.34. The van der Waals surface area contributed by atoms with Crippen molar-refractivity contribution < 1.29 is 4.74 Å². The maximum Gasteiger partial charge on any atom is 0.191 e. The zero-order valence-corrected chi connectivity index (χ0v) is 15.3. The molecular weight excluding hydrogens is 318 g/mol. The van der Waals surface area contributed by atoms with Crippen LogP contribution in [0.15, 0.2) is 53.6 Å². The SMILES string of the molecule is COc1ccc(/C(C)=N/NC(=S)Nc2ccc(C(C)C)cc2)cc1. The first-order valence-corrected chi connectivity index (χ1v) is 8.26. The van der Waals surface area contributed by atoms with E-state index in [1.807, 2.05) is 43.3 Å². The molecule has 0 aliphatic heterocycles. The molecule has 0 unspecified atom stereocenters. The molecule has 0 atom stereocenters. The molecule has 126 valence electrons. The minimum Gasteiger partial charge on any atom is -0.497 e. The number of thiocarbonyl (C=S) groups is 1. The van der Waals surface area contributed by atoms with Crippen LogP contribution in [0.2, 0.25) is 0 Å². The minimum atomic E-state index is 0.458. The second kappa shape index (κ2) is 8.45. The van der Waals surface area contributed by atoms with E-state index in [4.69, 9.17) is 17.0 Å². The summed E-state index contributed by atoms with van der Waals surface area (Å²) in [5, 5.41) is 7.90. The number of nitrogens with zero attached hydrogens (tertiary/aromatic N) is 1. The fourth-order valence-electron chi connectivity index (χ4n) is 2.14. The zero-order chi connectivity index (χ0) is 17.5. The van der Waals surface area contributed by atoms with Gasteiger partial charge in [0.2, 0.25) is 0 Å². The van der Waals surface area contributed by atoms with Crippen LogP contribution in [0.25, 0.3) is 0 Å². The third kappa shape index (κ3) is 5.06. The second-order valence-electron chi connectivity index (χ2n) is 5.77. The van der Waals surface area contributed by atoms with Crippen LogP contribution in [0.4, 0.5) is 5.69 Å². The predicted octanol–water partition coefficient (Wildman–Crippen LogP) is 4.53. The number of rotatable bonds is 5. The molecule has 2 aromatic rings. The lowest BCUT2D eigenvalue weighted by molar-refractivity contribution is 0.415. The van der Waals surface area contributed by atoms with Gasteiger partial charge in [-0.3, -0.25) is 5.43 Å². The van der Waals surface area contributed by atoms with Gasteiger partial charge in [0.15, 0.2) is 5.11 Å². The zero-order valence-electron chi connectivity index (χ0n) is 14.5. The number of anilines is 1. The van der Waals surface area contributed by atoms with Crippen molar-refractivity contribution in [3.05, 3.63) is 59.7 Å². The van der Waals surface area contributed by atoms with Crippen LogP contribution in [0.3, 0.4) is 0 Å². The Morgan fingerprint density at radius 1 is 1.04 bits per heavy atom. The van der Waals surface area contributed by atoms with E-state index in [1.165, 1.54) is 5.56 Å². The van der Waals surface area contributed by atoms with Crippen LogP contribution < -0.4 is 15.5 Å². The highest BCUT2D eigenvalue weighted by atomic mass is 32.1. The largest absolute Gasteiger partial charge is 0.497 e. The van der Waals surface area contributed by atoms with Gasteiger partial charge in [0.25, 0.3) is 0 Å². The lowest BCUT2D eigenvalue weighted by Crippen LogP contribution is -2.24. The van der Waals surface area contributed by atoms with Gasteiger partial charge in [0, 0.05) is 5.69 Å². The molecule has 2 N–H and O–H groups in total. The third-order valence-corrected chi connectivity index (χ3v) is 3.86. The molecule has 0 amide bonds. The monoisotopic (exact) mass is 341 g/mol. The highest BCUT2D eigenvalue weighted by Gasteiger charge is 2.02. The lowest BCUT2D eigenvalue weighted by Gasteiger charge is -2.10. The van der Waals surface area contributed by atoms with Crippen LogP contribution in [0, 0.1) is 0 Å². The third-order valence-electron chi connectivity index (χ3n) is 3.67. The maximum atomic E-state index is 5.28. The van der Waals surface area contributed by atoms with Gasteiger partial charge in [0.1, 0.15) is 5.75 Å². The van der Waals surface area contributed by atoms with Crippen molar-refractivity contribution in [2.24, 2.45) is 5.10 Å². The average molecular weight is 341 g/mol. The fourth-order valence-corrected chi connectivity index (χ4v) is 2.31. The van der Waals surface area contributed by atoms with Gasteiger partial charge < -0.3 is 10.1 Å². The number of benzene rings is 2. The summed E-state index contributed by atoms with van der Waals surface area (Å²) < 4.78 is 5.15. The van der Waals surface area contributed by atoms with Crippen molar-refractivity contribution in [2.45, 2.75) is 26.7 Å². The van der Waals surface area contributed by atoms with Crippen molar-refractivity contribution in [2.75, 3.05) is 12.4 Å². The number of nitrogens with one attached hydrogen (secondary N) is 2. The Bertz CT molecular complexity index is 706. The van der Waals surface area contributed by atoms with Gasteiger partial charge in [0.05, 0.1) is 12.8 Å². The Kier molecular flexibility index (Phi) is 6.32. The number of hydrogen-bond acceptors (Lipinski definition) is 3. The van der Waals surface area contributed by atoms with Gasteiger partial charge >= 0.3 is 0 Å². The summed E-state index contributed by atoms with van der Waals surface area (Å²) >= 11 is 5.28. The molecule has 0 bridgehead atoms. The molecule has 24 heavy (non-hydrogen) atoms. The molecule has 0 radical (unpaired) electrons. The quantitative estimate of drug-likeness (QED) is 0.476. The van der Waals surface area contributed by atoms with E-state index in [1.54, 1.807) is 7.11 Å². The molecule has 0 fully saturated rings. The van der Waals surface area contributed by atoms with E-state index in [0.717, 1.165) is 22.7 Å². The maximum absolute atomic E-state index is 5.28. The van der Waals surface area contributed by atoms with Crippen molar-refractivity contribution in [3.8, 4) is 5.75 Å². The molecule has 0 saturated carbocycles. The smallest absolute Gasteiger partial charge is 0.191 e. The number of hydrogen-bond donors (Lipinski definition) is 2. The number of hydrazone groups is 1. The van der Waals surface area contributed by atoms with E-state index in [9.17, 15) is 0 Å². The van der Waals surface area contributed by atoms with Gasteiger partial charge in [-0.1, -0.05) is 26.0 Å². The Morgan fingerprint density at radius 3 is 2.21 bits per heavy atom. The standard InChI is InChI=1S/C19H23N3OS/c1-13(2)15-5-9-17(10-6-15)20-19(24)22-21-14(3)16-7-11-18(23-4)12-8-16/h5-13H,1-4H3,(H2,20,22,24)/b21-14+. The van der Waals surface area contributed by atoms with Gasteiger partial charge in [-0.15, -0.1) is 0 Å². The molecule has 0 spiro atoms. The molecular formula is C19H23N3OS. The first kappa shape index (κ1) is 17.9. The predicted molar refractivity (Wildman–Crippen MR) is 105 cm³/mol. The Labute approximate surface area is 148 Å². The average Bonchev–Trinajstić information content (AvgIpc) is 2.60. The Morgan fingerprint density at radius 2 is 1.67 bits per heavy atom. The summed E-state index contributed by atoms with van der Waals surface area (Å²) in [4.78, 5) is 0. The minimum absolute atomic E-state index is 0.458. The summed E-state index contributed by atoms with van der Waals surface area (Å²) in [6.45, 7) is 6.27. The summed E-state index contributed by atoms with van der Waals surface area (Å²) in [6.07, 6.45) is 0. The molecule has 0 heterocycles. The van der Waals surface area contributed by atoms with Crippen molar-refractivity contribution in [1.82, 2.24) is 5.43 Å². The summed E-state index contributed by atoms with van der Waals surface area (Å²) in [6, 6.07) is 16.0. The van der Waals surface area contributed by atoms with Crippen LogP contribution in [0.5, 0.6) is 5.75 Å². The Hall–Kier alpha value is -2.40. The highest BCUT2D eigenvalue weighted by molar-refractivity contribution is 7.80. The molecule has 0 aromatic heterocycles. The van der Waals surface area contributed by atoms with Gasteiger partial charge in [-0.2, -0.15) is 5.10 Å². The fraction of sp³-hybridized carbons (Fsp3) is 0.263. The van der Waals surface area contributed by atoms with Gasteiger partial charge in [-0.25, -0.2) is 0 Å². The van der Waals surface area contributed by atoms with Crippen LogP contribution >= 0.6 is 12.2 Å². The van der Waals surface area contributed by atoms with E-state index in [2.05, 4.69) is 41.8 Å². The van der Waals surface area contributed by atoms with E-state index >= 15 is 0 Å². The van der Waals surface area contributed by atoms with E-state index in [0.29, 0.717) is 11.0 Å². The van der Waals surface area contributed by atoms with Crippen LogP contribution in [-0.2, 0) is 0 Å². The molecule has 0 aliphatic rings. The molecule has 5 heteroatoms. The van der Waals surface area contributed by atoms with Crippen LogP contribution in [-0.4, -0.2) is 17.9 Å². The summed E-state index contributed by atoms with van der Waals surface area (Å²) in [7, 11) is 1.65. The molecule has 2 rings (SSSR count). The number of methoxy groups -OCH3 is 1. The first-order chi connectivity index (χ1) is 11.5. The summed E-state index contributed by atoms with van der Waals surface area (Å²) in [5.41, 5.74) is 6.96. The molecule has 0 aliphatic carbocycles. The lowest BCUT2D eigenvalue weighted by atomic mass is 10.0. The Balaban J connectivity index is 1.93. The molecule has 2 aromatic carbocycles. The van der Waals surface area contributed by atoms with Gasteiger partial charge in [-0.05, 0) is 72.6 Å².